The van der Waals surface area contributed by atoms with E-state index in [0.29, 0.717) is 5.56 Å². The lowest BCUT2D eigenvalue weighted by atomic mass is 10.1. The standard InChI is InChI=1S/C12H9F4N3/c13-10-6-18-11(19-7-10)17-5-8-2-1-3-9(4-8)12(14,15)16/h1-4,6-7H,5H2,(H,17,18,19). The summed E-state index contributed by atoms with van der Waals surface area (Å²) in [5.74, 6) is -0.427. The Labute approximate surface area is 106 Å². The second kappa shape index (κ2) is 5.21. The van der Waals surface area contributed by atoms with Crippen LogP contribution in [0.3, 0.4) is 0 Å². The highest BCUT2D eigenvalue weighted by molar-refractivity contribution is 5.30. The molecule has 1 aromatic heterocycles. The van der Waals surface area contributed by atoms with Crippen LogP contribution >= 0.6 is 0 Å². The molecule has 3 nitrogen and oxygen atoms in total. The van der Waals surface area contributed by atoms with Crippen LogP contribution in [0.5, 0.6) is 0 Å². The Kier molecular flexibility index (Phi) is 3.64. The fourth-order valence-electron chi connectivity index (χ4n) is 1.44. The Hall–Kier alpha value is -2.18. The van der Waals surface area contributed by atoms with E-state index in [1.54, 1.807) is 6.07 Å². The molecule has 0 radical (unpaired) electrons. The lowest BCUT2D eigenvalue weighted by Crippen LogP contribution is -2.07. The third-order valence-corrected chi connectivity index (χ3v) is 2.33. The highest BCUT2D eigenvalue weighted by Gasteiger charge is 2.30. The third kappa shape index (κ3) is 3.64. The minimum absolute atomic E-state index is 0.121. The fraction of sp³-hybridized carbons (Fsp3) is 0.167. The van der Waals surface area contributed by atoms with Crippen LogP contribution in [0, 0.1) is 5.82 Å². The number of nitrogens with zero attached hydrogens (tertiary/aromatic N) is 2. The monoisotopic (exact) mass is 271 g/mol. The molecule has 1 heterocycles. The van der Waals surface area contributed by atoms with E-state index in [0.717, 1.165) is 24.5 Å². The summed E-state index contributed by atoms with van der Waals surface area (Å²) < 4.78 is 50.0. The van der Waals surface area contributed by atoms with E-state index in [9.17, 15) is 17.6 Å². The van der Waals surface area contributed by atoms with E-state index in [1.807, 2.05) is 0 Å². The maximum absolute atomic E-state index is 12.6. The molecular weight excluding hydrogens is 262 g/mol. The molecule has 0 unspecified atom stereocenters. The molecule has 0 aliphatic rings. The SMILES string of the molecule is Fc1cnc(NCc2cccc(C(F)(F)F)c2)nc1. The first-order valence-electron chi connectivity index (χ1n) is 5.33. The fourth-order valence-corrected chi connectivity index (χ4v) is 1.44. The number of rotatable bonds is 3. The lowest BCUT2D eigenvalue weighted by molar-refractivity contribution is -0.137. The van der Waals surface area contributed by atoms with Gasteiger partial charge in [0.15, 0.2) is 5.82 Å². The maximum atomic E-state index is 12.6. The van der Waals surface area contributed by atoms with E-state index in [2.05, 4.69) is 15.3 Å². The molecule has 0 amide bonds. The summed E-state index contributed by atoms with van der Waals surface area (Å²) in [6, 6.07) is 4.91. The van der Waals surface area contributed by atoms with Gasteiger partial charge < -0.3 is 5.32 Å². The first kappa shape index (κ1) is 13.3. The van der Waals surface area contributed by atoms with Crippen molar-refractivity contribution in [3.8, 4) is 0 Å². The van der Waals surface area contributed by atoms with Crippen LogP contribution in [0.4, 0.5) is 23.5 Å². The van der Waals surface area contributed by atoms with Crippen LogP contribution in [0.25, 0.3) is 0 Å². The van der Waals surface area contributed by atoms with Crippen molar-refractivity contribution in [3.63, 3.8) is 0 Å². The van der Waals surface area contributed by atoms with E-state index in [-0.39, 0.29) is 12.5 Å². The van der Waals surface area contributed by atoms with Gasteiger partial charge in [-0.15, -0.1) is 0 Å². The van der Waals surface area contributed by atoms with Crippen LogP contribution in [0.1, 0.15) is 11.1 Å². The number of hydrogen-bond donors (Lipinski definition) is 1. The van der Waals surface area contributed by atoms with E-state index in [4.69, 9.17) is 0 Å². The average molecular weight is 271 g/mol. The van der Waals surface area contributed by atoms with Crippen molar-refractivity contribution in [1.82, 2.24) is 9.97 Å². The van der Waals surface area contributed by atoms with Gasteiger partial charge in [0.1, 0.15) is 0 Å². The summed E-state index contributed by atoms with van der Waals surface area (Å²) in [6.07, 6.45) is -2.43. The van der Waals surface area contributed by atoms with Crippen molar-refractivity contribution >= 4 is 5.95 Å². The van der Waals surface area contributed by atoms with Crippen molar-refractivity contribution in [2.75, 3.05) is 5.32 Å². The molecule has 0 aliphatic heterocycles. The Morgan fingerprint density at radius 3 is 2.42 bits per heavy atom. The van der Waals surface area contributed by atoms with Gasteiger partial charge in [-0.1, -0.05) is 12.1 Å². The quantitative estimate of drug-likeness (QED) is 0.871. The first-order chi connectivity index (χ1) is 8.95. The van der Waals surface area contributed by atoms with E-state index < -0.39 is 17.6 Å². The smallest absolute Gasteiger partial charge is 0.350 e. The molecule has 1 aromatic carbocycles. The Bertz CT molecular complexity index is 552. The molecule has 0 atom stereocenters. The molecule has 0 bridgehead atoms. The summed E-state index contributed by atoms with van der Waals surface area (Å²) in [6.45, 7) is 0.121. The molecule has 100 valence electrons. The summed E-state index contributed by atoms with van der Waals surface area (Å²) >= 11 is 0. The van der Waals surface area contributed by atoms with Crippen LogP contribution in [0.15, 0.2) is 36.7 Å². The number of halogens is 4. The highest BCUT2D eigenvalue weighted by atomic mass is 19.4. The van der Waals surface area contributed by atoms with Crippen LogP contribution in [0.2, 0.25) is 0 Å². The molecular formula is C12H9F4N3. The molecule has 19 heavy (non-hydrogen) atoms. The molecule has 0 aliphatic carbocycles. The minimum atomic E-state index is -4.37. The number of anilines is 1. The van der Waals surface area contributed by atoms with Gasteiger partial charge in [-0.2, -0.15) is 13.2 Å². The predicted octanol–water partition coefficient (Wildman–Crippen LogP) is 3.25. The van der Waals surface area contributed by atoms with Crippen molar-refractivity contribution in [2.45, 2.75) is 12.7 Å². The second-order valence-electron chi connectivity index (χ2n) is 3.78. The number of aromatic nitrogens is 2. The van der Waals surface area contributed by atoms with Gasteiger partial charge in [0, 0.05) is 6.54 Å². The van der Waals surface area contributed by atoms with Gasteiger partial charge in [-0.25, -0.2) is 14.4 Å². The van der Waals surface area contributed by atoms with Gasteiger partial charge in [0.05, 0.1) is 18.0 Å². The molecule has 2 aromatic rings. The van der Waals surface area contributed by atoms with Crippen molar-refractivity contribution < 1.29 is 17.6 Å². The molecule has 0 fully saturated rings. The Morgan fingerprint density at radius 2 is 1.79 bits per heavy atom. The van der Waals surface area contributed by atoms with Gasteiger partial charge >= 0.3 is 6.18 Å². The van der Waals surface area contributed by atoms with Gasteiger partial charge in [-0.3, -0.25) is 0 Å². The molecule has 7 heteroatoms. The van der Waals surface area contributed by atoms with Crippen molar-refractivity contribution in [1.29, 1.82) is 0 Å². The first-order valence-corrected chi connectivity index (χ1v) is 5.33. The number of hydrogen-bond acceptors (Lipinski definition) is 3. The topological polar surface area (TPSA) is 37.8 Å². The zero-order valence-electron chi connectivity index (χ0n) is 9.58. The summed E-state index contributed by atoms with van der Waals surface area (Å²) in [5.41, 5.74) is -0.283. The van der Waals surface area contributed by atoms with Crippen molar-refractivity contribution in [2.24, 2.45) is 0 Å². The molecule has 1 N–H and O–H groups in total. The predicted molar refractivity (Wildman–Crippen MR) is 60.8 cm³/mol. The van der Waals surface area contributed by atoms with Crippen LogP contribution in [-0.4, -0.2) is 9.97 Å². The van der Waals surface area contributed by atoms with E-state index in [1.165, 1.54) is 6.07 Å². The maximum Gasteiger partial charge on any atom is 0.416 e. The molecule has 0 saturated heterocycles. The Balaban J connectivity index is 2.05. The second-order valence-corrected chi connectivity index (χ2v) is 3.78. The summed E-state index contributed by atoms with van der Waals surface area (Å²) in [5, 5.41) is 2.71. The van der Waals surface area contributed by atoms with Gasteiger partial charge in [0.25, 0.3) is 0 Å². The van der Waals surface area contributed by atoms with E-state index >= 15 is 0 Å². The summed E-state index contributed by atoms with van der Waals surface area (Å²) in [7, 11) is 0. The zero-order valence-corrected chi connectivity index (χ0v) is 9.58. The minimum Gasteiger partial charge on any atom is -0.350 e. The van der Waals surface area contributed by atoms with Crippen LogP contribution in [-0.2, 0) is 12.7 Å². The zero-order chi connectivity index (χ0) is 13.9. The highest BCUT2D eigenvalue weighted by Crippen LogP contribution is 2.29. The summed E-state index contributed by atoms with van der Waals surface area (Å²) in [4.78, 5) is 7.29. The number of benzene rings is 1. The Morgan fingerprint density at radius 1 is 1.11 bits per heavy atom. The van der Waals surface area contributed by atoms with Gasteiger partial charge in [-0.05, 0) is 17.7 Å². The molecule has 2 rings (SSSR count). The molecule has 0 spiro atoms. The normalized spacial score (nSPS) is 11.4. The molecule has 0 saturated carbocycles. The third-order valence-electron chi connectivity index (χ3n) is 2.33. The van der Waals surface area contributed by atoms with Gasteiger partial charge in [0.2, 0.25) is 5.95 Å². The average Bonchev–Trinajstić information content (AvgIpc) is 2.37. The number of nitrogens with one attached hydrogen (secondary N) is 1. The van der Waals surface area contributed by atoms with Crippen molar-refractivity contribution in [3.05, 3.63) is 53.6 Å². The van der Waals surface area contributed by atoms with Crippen LogP contribution < -0.4 is 5.32 Å². The largest absolute Gasteiger partial charge is 0.416 e. The lowest BCUT2D eigenvalue weighted by Gasteiger charge is -2.09. The number of alkyl halides is 3.